The average molecular weight is 488 g/mol. The van der Waals surface area contributed by atoms with Crippen LogP contribution in [0.4, 0.5) is 0 Å². The largest absolute Gasteiger partial charge is 0.494 e. The molecule has 1 amide bonds. The summed E-state index contributed by atoms with van der Waals surface area (Å²) in [7, 11) is -3.62. The number of halogens is 2. The van der Waals surface area contributed by atoms with E-state index in [4.69, 9.17) is 16.3 Å². The van der Waals surface area contributed by atoms with Gasteiger partial charge in [0.15, 0.2) is 0 Å². The van der Waals surface area contributed by atoms with Crippen molar-refractivity contribution in [1.29, 1.82) is 0 Å². The molecule has 0 bridgehead atoms. The maximum Gasteiger partial charge on any atom is 0.255 e. The van der Waals surface area contributed by atoms with E-state index in [1.807, 2.05) is 6.92 Å². The highest BCUT2D eigenvalue weighted by atomic mass is 79.9. The molecule has 28 heavy (non-hydrogen) atoms. The lowest BCUT2D eigenvalue weighted by molar-refractivity contribution is 0.0698. The minimum atomic E-state index is -3.62. The van der Waals surface area contributed by atoms with Crippen LogP contribution in [-0.4, -0.2) is 56.3 Å². The van der Waals surface area contributed by atoms with Gasteiger partial charge in [-0.05, 0) is 49.4 Å². The van der Waals surface area contributed by atoms with E-state index in [1.54, 1.807) is 47.4 Å². The van der Waals surface area contributed by atoms with Crippen molar-refractivity contribution in [2.45, 2.75) is 11.8 Å². The Balaban J connectivity index is 1.68. The Morgan fingerprint density at radius 3 is 2.36 bits per heavy atom. The van der Waals surface area contributed by atoms with E-state index in [-0.39, 0.29) is 23.9 Å². The molecule has 0 aromatic heterocycles. The summed E-state index contributed by atoms with van der Waals surface area (Å²) in [6.07, 6.45) is 0. The van der Waals surface area contributed by atoms with Crippen LogP contribution >= 0.6 is 27.5 Å². The number of hydrogen-bond donors (Lipinski definition) is 0. The highest BCUT2D eigenvalue weighted by Crippen LogP contribution is 2.24. The van der Waals surface area contributed by atoms with Crippen LogP contribution in [0.3, 0.4) is 0 Å². The van der Waals surface area contributed by atoms with E-state index < -0.39 is 10.0 Å². The van der Waals surface area contributed by atoms with Gasteiger partial charge < -0.3 is 9.64 Å². The molecule has 1 heterocycles. The van der Waals surface area contributed by atoms with Gasteiger partial charge >= 0.3 is 0 Å². The summed E-state index contributed by atoms with van der Waals surface area (Å²) in [4.78, 5) is 14.6. The number of benzene rings is 2. The van der Waals surface area contributed by atoms with Crippen LogP contribution in [-0.2, 0) is 10.0 Å². The molecule has 0 radical (unpaired) electrons. The molecule has 0 N–H and O–H groups in total. The average Bonchev–Trinajstić information content (AvgIpc) is 2.70. The second-order valence-corrected chi connectivity index (χ2v) is 9.49. The van der Waals surface area contributed by atoms with Crippen molar-refractivity contribution in [2.75, 3.05) is 32.8 Å². The van der Waals surface area contributed by atoms with Crippen LogP contribution in [0.2, 0.25) is 5.02 Å². The fourth-order valence-electron chi connectivity index (χ4n) is 2.99. The Bertz CT molecular complexity index is 958. The number of rotatable bonds is 5. The highest BCUT2D eigenvalue weighted by molar-refractivity contribution is 9.10. The van der Waals surface area contributed by atoms with Crippen LogP contribution in [0.25, 0.3) is 0 Å². The minimum Gasteiger partial charge on any atom is -0.494 e. The van der Waals surface area contributed by atoms with Crippen molar-refractivity contribution < 1.29 is 17.9 Å². The second kappa shape index (κ2) is 8.82. The van der Waals surface area contributed by atoms with E-state index in [2.05, 4.69) is 15.9 Å². The fraction of sp³-hybridized carbons (Fsp3) is 0.316. The Kier molecular flexibility index (Phi) is 6.65. The number of piperazine rings is 1. The molecule has 0 atom stereocenters. The highest BCUT2D eigenvalue weighted by Gasteiger charge is 2.31. The smallest absolute Gasteiger partial charge is 0.255 e. The molecule has 2 aromatic carbocycles. The lowest BCUT2D eigenvalue weighted by Gasteiger charge is -2.34. The molecule has 1 fully saturated rings. The van der Waals surface area contributed by atoms with Crippen LogP contribution in [0.1, 0.15) is 17.3 Å². The van der Waals surface area contributed by atoms with Crippen molar-refractivity contribution in [3.63, 3.8) is 0 Å². The molecule has 1 aliphatic rings. The molecule has 0 aliphatic carbocycles. The third-order valence-corrected chi connectivity index (χ3v) is 7.19. The molecule has 150 valence electrons. The lowest BCUT2D eigenvalue weighted by atomic mass is 10.2. The molecule has 0 unspecified atom stereocenters. The summed E-state index contributed by atoms with van der Waals surface area (Å²) in [6.45, 7) is 3.45. The normalized spacial score (nSPS) is 15.5. The third kappa shape index (κ3) is 4.51. The molecule has 0 saturated carbocycles. The van der Waals surface area contributed by atoms with Gasteiger partial charge in [0.2, 0.25) is 10.0 Å². The summed E-state index contributed by atoms with van der Waals surface area (Å²) in [5.41, 5.74) is 0.402. The maximum atomic E-state index is 12.9. The standard InChI is InChI=1S/C19H20BrClN2O4S/c1-2-27-15-4-6-16(7-5-15)28(25,26)23-11-9-22(10-12-23)19(24)17-13-14(20)3-8-18(17)21/h3-8,13H,2,9-12H2,1H3. The summed E-state index contributed by atoms with van der Waals surface area (Å²) in [6, 6.07) is 11.5. The van der Waals surface area contributed by atoms with Crippen molar-refractivity contribution in [3.8, 4) is 5.75 Å². The zero-order valence-corrected chi connectivity index (χ0v) is 18.4. The Hall–Kier alpha value is -1.61. The lowest BCUT2D eigenvalue weighted by Crippen LogP contribution is -2.50. The molecule has 6 nitrogen and oxygen atoms in total. The maximum absolute atomic E-state index is 12.9. The first kappa shape index (κ1) is 21.1. The molecule has 2 aromatic rings. The number of hydrogen-bond acceptors (Lipinski definition) is 4. The van der Waals surface area contributed by atoms with Crippen LogP contribution in [0, 0.1) is 0 Å². The number of amides is 1. The Labute approximate surface area is 178 Å². The summed E-state index contributed by atoms with van der Waals surface area (Å²) in [5, 5.41) is 0.373. The zero-order chi connectivity index (χ0) is 20.3. The SMILES string of the molecule is CCOc1ccc(S(=O)(=O)N2CCN(C(=O)c3cc(Br)ccc3Cl)CC2)cc1. The first-order valence-electron chi connectivity index (χ1n) is 8.80. The van der Waals surface area contributed by atoms with E-state index in [9.17, 15) is 13.2 Å². The van der Waals surface area contributed by atoms with Gasteiger partial charge in [0, 0.05) is 30.7 Å². The Morgan fingerprint density at radius 1 is 1.11 bits per heavy atom. The predicted octanol–water partition coefficient (Wildman–Crippen LogP) is 3.65. The topological polar surface area (TPSA) is 66.9 Å². The zero-order valence-electron chi connectivity index (χ0n) is 15.3. The van der Waals surface area contributed by atoms with Gasteiger partial charge in [-0.2, -0.15) is 4.31 Å². The molecular weight excluding hydrogens is 468 g/mol. The first-order chi connectivity index (χ1) is 13.3. The second-order valence-electron chi connectivity index (χ2n) is 6.22. The van der Waals surface area contributed by atoms with Crippen molar-refractivity contribution >= 4 is 43.5 Å². The Morgan fingerprint density at radius 2 is 1.75 bits per heavy atom. The number of nitrogens with zero attached hydrogens (tertiary/aromatic N) is 2. The third-order valence-electron chi connectivity index (χ3n) is 4.46. The molecular formula is C19H20BrClN2O4S. The molecule has 0 spiro atoms. The predicted molar refractivity (Wildman–Crippen MR) is 111 cm³/mol. The first-order valence-corrected chi connectivity index (χ1v) is 11.4. The van der Waals surface area contributed by atoms with Crippen LogP contribution < -0.4 is 4.74 Å². The summed E-state index contributed by atoms with van der Waals surface area (Å²) >= 11 is 9.48. The van der Waals surface area contributed by atoms with Crippen molar-refractivity contribution in [1.82, 2.24) is 9.21 Å². The van der Waals surface area contributed by atoms with Crippen molar-refractivity contribution in [2.24, 2.45) is 0 Å². The van der Waals surface area contributed by atoms with E-state index >= 15 is 0 Å². The van der Waals surface area contributed by atoms with Gasteiger partial charge in [-0.3, -0.25) is 4.79 Å². The van der Waals surface area contributed by atoms with Gasteiger partial charge in [-0.25, -0.2) is 8.42 Å². The van der Waals surface area contributed by atoms with Crippen LogP contribution in [0.15, 0.2) is 51.8 Å². The molecule has 9 heteroatoms. The summed E-state index contributed by atoms with van der Waals surface area (Å²) in [5.74, 6) is 0.423. The van der Waals surface area contributed by atoms with Gasteiger partial charge in [-0.1, -0.05) is 27.5 Å². The molecule has 1 saturated heterocycles. The van der Waals surface area contributed by atoms with Crippen molar-refractivity contribution in [3.05, 3.63) is 57.5 Å². The number of ether oxygens (including phenoxy) is 1. The number of carbonyl (C=O) groups excluding carboxylic acids is 1. The fourth-order valence-corrected chi connectivity index (χ4v) is 4.97. The van der Waals surface area contributed by atoms with E-state index in [0.29, 0.717) is 36.0 Å². The quantitative estimate of drug-likeness (QED) is 0.646. The van der Waals surface area contributed by atoms with E-state index in [0.717, 1.165) is 4.47 Å². The van der Waals surface area contributed by atoms with E-state index in [1.165, 1.54) is 4.31 Å². The van der Waals surface area contributed by atoms with Gasteiger partial charge in [0.05, 0.1) is 22.1 Å². The van der Waals surface area contributed by atoms with Gasteiger partial charge in [-0.15, -0.1) is 0 Å². The monoisotopic (exact) mass is 486 g/mol. The molecule has 1 aliphatic heterocycles. The van der Waals surface area contributed by atoms with Gasteiger partial charge in [0.1, 0.15) is 5.75 Å². The molecule has 3 rings (SSSR count). The number of sulfonamides is 1. The number of carbonyl (C=O) groups is 1. The van der Waals surface area contributed by atoms with Gasteiger partial charge in [0.25, 0.3) is 5.91 Å². The minimum absolute atomic E-state index is 0.204. The summed E-state index contributed by atoms with van der Waals surface area (Å²) < 4.78 is 33.2. The van der Waals surface area contributed by atoms with Crippen LogP contribution in [0.5, 0.6) is 5.75 Å².